The number of nitrogens with zero attached hydrogens (tertiary/aromatic N) is 4. The largest absolute Gasteiger partial charge is 0.368 e. The Balaban J connectivity index is 1.43. The molecule has 8 heteroatoms. The van der Waals surface area contributed by atoms with Gasteiger partial charge in [-0.15, -0.1) is 0 Å². The summed E-state index contributed by atoms with van der Waals surface area (Å²) in [6.45, 7) is 4.78. The Bertz CT molecular complexity index is 1200. The lowest BCUT2D eigenvalue weighted by molar-refractivity contribution is -0.384. The first-order valence-electron chi connectivity index (χ1n) is 11.5. The Hall–Kier alpha value is -3.94. The Morgan fingerprint density at radius 1 is 1.12 bits per heavy atom. The van der Waals surface area contributed by atoms with Gasteiger partial charge in [-0.3, -0.25) is 19.9 Å². The van der Waals surface area contributed by atoms with Crippen LogP contribution in [0.15, 0.2) is 67.0 Å². The number of hydrogen-bond acceptors (Lipinski definition) is 6. The highest BCUT2D eigenvalue weighted by molar-refractivity contribution is 5.82. The summed E-state index contributed by atoms with van der Waals surface area (Å²) in [4.78, 5) is 33.1. The second kappa shape index (κ2) is 9.13. The van der Waals surface area contributed by atoms with Crippen molar-refractivity contribution in [2.75, 3.05) is 29.4 Å². The van der Waals surface area contributed by atoms with E-state index in [1.807, 2.05) is 18.2 Å². The van der Waals surface area contributed by atoms with Gasteiger partial charge in [0.15, 0.2) is 0 Å². The number of carbonyl (C=O) groups excluding carboxylic acids is 1. The summed E-state index contributed by atoms with van der Waals surface area (Å²) in [6.07, 6.45) is 3.89. The van der Waals surface area contributed by atoms with Crippen molar-refractivity contribution in [1.29, 1.82) is 0 Å². The predicted octanol–water partition coefficient (Wildman–Crippen LogP) is 3.48. The third kappa shape index (κ3) is 4.31. The second-order valence-corrected chi connectivity index (χ2v) is 9.00. The molecule has 2 aromatic carbocycles. The van der Waals surface area contributed by atoms with E-state index in [0.717, 1.165) is 35.6 Å². The van der Waals surface area contributed by atoms with Crippen LogP contribution in [0.1, 0.15) is 16.7 Å². The maximum Gasteiger partial charge on any atom is 0.269 e. The number of aryl methyl sites for hydroxylation is 1. The van der Waals surface area contributed by atoms with Crippen molar-refractivity contribution in [1.82, 2.24) is 10.3 Å². The normalized spacial score (nSPS) is 19.2. The van der Waals surface area contributed by atoms with Gasteiger partial charge in [-0.1, -0.05) is 17.7 Å². The average molecular weight is 458 g/mol. The van der Waals surface area contributed by atoms with Crippen LogP contribution in [-0.4, -0.2) is 41.5 Å². The van der Waals surface area contributed by atoms with Gasteiger partial charge >= 0.3 is 0 Å². The van der Waals surface area contributed by atoms with Crippen LogP contribution in [-0.2, 0) is 17.8 Å². The second-order valence-electron chi connectivity index (χ2n) is 9.00. The van der Waals surface area contributed by atoms with Crippen LogP contribution in [0.5, 0.6) is 0 Å². The molecule has 34 heavy (non-hydrogen) atoms. The Morgan fingerprint density at radius 3 is 2.62 bits per heavy atom. The zero-order chi connectivity index (χ0) is 23.7. The number of amides is 1. The maximum atomic E-state index is 13.4. The minimum Gasteiger partial charge on any atom is -0.368 e. The third-order valence-electron chi connectivity index (χ3n) is 6.86. The molecule has 3 aromatic rings. The number of nitrogens with one attached hydrogen (secondary N) is 1. The first kappa shape index (κ1) is 21.9. The molecule has 2 unspecified atom stereocenters. The van der Waals surface area contributed by atoms with Crippen LogP contribution in [0, 0.1) is 23.0 Å². The average Bonchev–Trinajstić information content (AvgIpc) is 2.87. The van der Waals surface area contributed by atoms with Crippen molar-refractivity contribution in [2.45, 2.75) is 25.9 Å². The van der Waals surface area contributed by atoms with Gasteiger partial charge in [0.1, 0.15) is 0 Å². The van der Waals surface area contributed by atoms with E-state index in [-0.39, 0.29) is 28.5 Å². The highest BCUT2D eigenvalue weighted by Gasteiger charge is 2.42. The van der Waals surface area contributed by atoms with Crippen LogP contribution in [0.4, 0.5) is 17.1 Å². The zero-order valence-electron chi connectivity index (χ0n) is 19.1. The van der Waals surface area contributed by atoms with E-state index in [4.69, 9.17) is 0 Å². The van der Waals surface area contributed by atoms with Gasteiger partial charge in [-0.25, -0.2) is 0 Å². The van der Waals surface area contributed by atoms with Crippen LogP contribution < -0.4 is 15.1 Å². The molecule has 1 N–H and O–H groups in total. The summed E-state index contributed by atoms with van der Waals surface area (Å²) in [5.41, 5.74) is 5.26. The van der Waals surface area contributed by atoms with E-state index < -0.39 is 0 Å². The van der Waals surface area contributed by atoms with Crippen molar-refractivity contribution in [2.24, 2.45) is 5.92 Å². The SMILES string of the molecule is Cc1ccc(N2CCN3c4ccc([N+](=O)[O-])cc4CC(C(=O)NCc4ccncc4)C3C2)cc1. The molecule has 1 saturated heterocycles. The van der Waals surface area contributed by atoms with Crippen LogP contribution in [0.2, 0.25) is 0 Å². The molecule has 2 aliphatic rings. The lowest BCUT2D eigenvalue weighted by Gasteiger charge is -2.49. The van der Waals surface area contributed by atoms with E-state index in [1.54, 1.807) is 24.5 Å². The molecule has 174 valence electrons. The number of rotatable bonds is 5. The fraction of sp³-hybridized carbons (Fsp3) is 0.308. The van der Waals surface area contributed by atoms with Gasteiger partial charge in [0.2, 0.25) is 5.91 Å². The summed E-state index contributed by atoms with van der Waals surface area (Å²) in [5.74, 6) is -0.348. The number of anilines is 2. The molecule has 2 aliphatic heterocycles. The first-order valence-corrected chi connectivity index (χ1v) is 11.5. The van der Waals surface area contributed by atoms with E-state index >= 15 is 0 Å². The van der Waals surface area contributed by atoms with Gasteiger partial charge in [-0.05, 0) is 54.8 Å². The summed E-state index contributed by atoms with van der Waals surface area (Å²) in [6, 6.07) is 17.2. The summed E-state index contributed by atoms with van der Waals surface area (Å²) < 4.78 is 0. The van der Waals surface area contributed by atoms with Crippen LogP contribution in [0.25, 0.3) is 0 Å². The van der Waals surface area contributed by atoms with Crippen molar-refractivity contribution < 1.29 is 9.72 Å². The summed E-state index contributed by atoms with van der Waals surface area (Å²) in [5, 5.41) is 14.5. The number of nitro groups is 1. The quantitative estimate of drug-likeness (QED) is 0.466. The monoisotopic (exact) mass is 457 g/mol. The molecule has 0 aliphatic carbocycles. The Morgan fingerprint density at radius 2 is 1.88 bits per heavy atom. The van der Waals surface area contributed by atoms with Gasteiger partial charge in [0.05, 0.1) is 16.9 Å². The third-order valence-corrected chi connectivity index (χ3v) is 6.86. The fourth-order valence-corrected chi connectivity index (χ4v) is 5.03. The Labute approximate surface area is 198 Å². The molecular formula is C26H27N5O3. The maximum absolute atomic E-state index is 13.4. The van der Waals surface area contributed by atoms with Gasteiger partial charge in [-0.2, -0.15) is 0 Å². The van der Waals surface area contributed by atoms with Crippen molar-refractivity contribution in [3.8, 4) is 0 Å². The van der Waals surface area contributed by atoms with Gasteiger partial charge in [0.25, 0.3) is 5.69 Å². The molecule has 1 aromatic heterocycles. The zero-order valence-corrected chi connectivity index (χ0v) is 19.1. The van der Waals surface area contributed by atoms with Crippen molar-refractivity contribution in [3.63, 3.8) is 0 Å². The summed E-state index contributed by atoms with van der Waals surface area (Å²) in [7, 11) is 0. The topological polar surface area (TPSA) is 91.6 Å². The molecule has 1 fully saturated rings. The number of piperazine rings is 1. The molecule has 2 atom stereocenters. The fourth-order valence-electron chi connectivity index (χ4n) is 5.03. The molecule has 3 heterocycles. The van der Waals surface area contributed by atoms with Gasteiger partial charge < -0.3 is 15.1 Å². The molecular weight excluding hydrogens is 430 g/mol. The molecule has 0 saturated carbocycles. The van der Waals surface area contributed by atoms with E-state index in [0.29, 0.717) is 19.5 Å². The molecule has 8 nitrogen and oxygen atoms in total. The van der Waals surface area contributed by atoms with Gasteiger partial charge in [0, 0.05) is 62.1 Å². The minimum atomic E-state index is -0.375. The van der Waals surface area contributed by atoms with E-state index in [9.17, 15) is 14.9 Å². The van der Waals surface area contributed by atoms with Crippen molar-refractivity contribution >= 4 is 23.0 Å². The van der Waals surface area contributed by atoms with Crippen LogP contribution in [0.3, 0.4) is 0 Å². The number of aromatic nitrogens is 1. The number of carbonyl (C=O) groups is 1. The van der Waals surface area contributed by atoms with E-state index in [2.05, 4.69) is 51.3 Å². The lowest BCUT2D eigenvalue weighted by Crippen LogP contribution is -2.61. The highest BCUT2D eigenvalue weighted by Crippen LogP contribution is 2.38. The van der Waals surface area contributed by atoms with Crippen molar-refractivity contribution in [3.05, 3.63) is 93.8 Å². The number of benzene rings is 2. The minimum absolute atomic E-state index is 0.0264. The number of hydrogen-bond donors (Lipinski definition) is 1. The molecule has 0 radical (unpaired) electrons. The highest BCUT2D eigenvalue weighted by atomic mass is 16.6. The Kier molecular flexibility index (Phi) is 5.88. The van der Waals surface area contributed by atoms with Crippen LogP contribution >= 0.6 is 0 Å². The molecule has 5 rings (SSSR count). The predicted molar refractivity (Wildman–Crippen MR) is 131 cm³/mol. The standard InChI is InChI=1S/C26H27N5O3/c1-18-2-4-21(5-3-18)29-12-13-30-24-7-6-22(31(33)34)14-20(24)15-23(25(30)17-29)26(32)28-16-19-8-10-27-11-9-19/h2-11,14,23,25H,12-13,15-17H2,1H3,(H,28,32). The lowest BCUT2D eigenvalue weighted by atomic mass is 9.83. The number of nitro benzene ring substituents is 1. The smallest absolute Gasteiger partial charge is 0.269 e. The molecule has 1 amide bonds. The number of fused-ring (bicyclic) bond motifs is 3. The summed E-state index contributed by atoms with van der Waals surface area (Å²) >= 11 is 0. The molecule has 0 spiro atoms. The number of pyridine rings is 1. The van der Waals surface area contributed by atoms with E-state index in [1.165, 1.54) is 5.56 Å². The molecule has 0 bridgehead atoms. The first-order chi connectivity index (χ1) is 16.5. The number of non-ortho nitro benzene ring substituents is 1.